The molecule has 1 aliphatic heterocycles. The number of furan rings is 1. The lowest BCUT2D eigenvalue weighted by molar-refractivity contribution is -0.115. The first-order valence-corrected chi connectivity index (χ1v) is 6.68. The first kappa shape index (κ1) is 13.7. The SMILES string of the molecule is O=C1NC(=O)/C(=C/c2ccc(-c3ccc(Cl)c(Cl)c3)o2)N1. The van der Waals surface area contributed by atoms with Crippen molar-refractivity contribution in [2.24, 2.45) is 0 Å². The first-order chi connectivity index (χ1) is 10.0. The Labute approximate surface area is 129 Å². The molecule has 5 nitrogen and oxygen atoms in total. The van der Waals surface area contributed by atoms with Gasteiger partial charge in [0.1, 0.15) is 17.2 Å². The Kier molecular flexibility index (Phi) is 3.45. The summed E-state index contributed by atoms with van der Waals surface area (Å²) in [6, 6.07) is 7.99. The Morgan fingerprint density at radius 1 is 1.00 bits per heavy atom. The van der Waals surface area contributed by atoms with E-state index in [-0.39, 0.29) is 5.70 Å². The van der Waals surface area contributed by atoms with Gasteiger partial charge < -0.3 is 9.73 Å². The molecular formula is C14H8Cl2N2O3. The van der Waals surface area contributed by atoms with E-state index in [1.165, 1.54) is 6.08 Å². The molecule has 3 rings (SSSR count). The van der Waals surface area contributed by atoms with Gasteiger partial charge >= 0.3 is 6.03 Å². The third-order valence-electron chi connectivity index (χ3n) is 2.84. The van der Waals surface area contributed by atoms with Crippen LogP contribution in [-0.2, 0) is 4.79 Å². The second-order valence-corrected chi connectivity index (χ2v) is 5.11. The highest BCUT2D eigenvalue weighted by Crippen LogP contribution is 2.30. The molecule has 2 N–H and O–H groups in total. The van der Waals surface area contributed by atoms with Crippen LogP contribution in [0.4, 0.5) is 4.79 Å². The molecule has 7 heteroatoms. The number of imide groups is 1. The molecule has 1 aromatic carbocycles. The van der Waals surface area contributed by atoms with Crippen LogP contribution < -0.4 is 10.6 Å². The normalized spacial score (nSPS) is 16.2. The minimum Gasteiger partial charge on any atom is -0.457 e. The van der Waals surface area contributed by atoms with E-state index >= 15 is 0 Å². The molecule has 1 aliphatic rings. The van der Waals surface area contributed by atoms with Crippen molar-refractivity contribution < 1.29 is 14.0 Å². The van der Waals surface area contributed by atoms with Crippen LogP contribution in [0.15, 0.2) is 40.4 Å². The lowest BCUT2D eigenvalue weighted by Crippen LogP contribution is -2.22. The molecule has 0 bridgehead atoms. The number of hydrogen-bond donors (Lipinski definition) is 2. The number of amides is 3. The minimum atomic E-state index is -0.553. The van der Waals surface area contributed by atoms with Gasteiger partial charge in [-0.3, -0.25) is 10.1 Å². The van der Waals surface area contributed by atoms with Crippen molar-refractivity contribution in [2.45, 2.75) is 0 Å². The van der Waals surface area contributed by atoms with Crippen molar-refractivity contribution in [3.63, 3.8) is 0 Å². The highest BCUT2D eigenvalue weighted by molar-refractivity contribution is 6.42. The Balaban J connectivity index is 1.90. The largest absolute Gasteiger partial charge is 0.457 e. The fourth-order valence-electron chi connectivity index (χ4n) is 1.86. The Bertz CT molecular complexity index is 780. The Morgan fingerprint density at radius 2 is 1.81 bits per heavy atom. The highest BCUT2D eigenvalue weighted by Gasteiger charge is 2.23. The molecule has 0 radical (unpaired) electrons. The number of carbonyl (C=O) groups excluding carboxylic acids is 2. The zero-order chi connectivity index (χ0) is 15.0. The van der Waals surface area contributed by atoms with Crippen LogP contribution in [0.1, 0.15) is 5.76 Å². The van der Waals surface area contributed by atoms with Crippen LogP contribution in [-0.4, -0.2) is 11.9 Å². The van der Waals surface area contributed by atoms with E-state index in [1.807, 2.05) is 0 Å². The summed E-state index contributed by atoms with van der Waals surface area (Å²) in [5, 5.41) is 5.37. The summed E-state index contributed by atoms with van der Waals surface area (Å²) in [5.41, 5.74) is 0.893. The molecule has 0 spiro atoms. The van der Waals surface area contributed by atoms with E-state index < -0.39 is 11.9 Å². The summed E-state index contributed by atoms with van der Waals surface area (Å²) in [6.07, 6.45) is 1.45. The van der Waals surface area contributed by atoms with Crippen LogP contribution in [0, 0.1) is 0 Å². The predicted octanol–water partition coefficient (Wildman–Crippen LogP) is 3.43. The lowest BCUT2D eigenvalue weighted by Gasteiger charge is -1.99. The smallest absolute Gasteiger partial charge is 0.326 e. The van der Waals surface area contributed by atoms with E-state index in [0.717, 1.165) is 5.56 Å². The fourth-order valence-corrected chi connectivity index (χ4v) is 2.16. The Hall–Kier alpha value is -2.24. The molecule has 21 heavy (non-hydrogen) atoms. The van der Waals surface area contributed by atoms with Crippen LogP contribution >= 0.6 is 23.2 Å². The van der Waals surface area contributed by atoms with E-state index in [2.05, 4.69) is 10.6 Å². The lowest BCUT2D eigenvalue weighted by atomic mass is 10.2. The molecule has 0 aliphatic carbocycles. The third-order valence-corrected chi connectivity index (χ3v) is 3.58. The summed E-state index contributed by atoms with van der Waals surface area (Å²) in [4.78, 5) is 22.4. The highest BCUT2D eigenvalue weighted by atomic mass is 35.5. The average Bonchev–Trinajstić information content (AvgIpc) is 3.01. The predicted molar refractivity (Wildman–Crippen MR) is 78.8 cm³/mol. The summed E-state index contributed by atoms with van der Waals surface area (Å²) in [6.45, 7) is 0. The second-order valence-electron chi connectivity index (χ2n) is 4.30. The van der Waals surface area contributed by atoms with Gasteiger partial charge in [0.25, 0.3) is 5.91 Å². The summed E-state index contributed by atoms with van der Waals surface area (Å²) in [7, 11) is 0. The zero-order valence-electron chi connectivity index (χ0n) is 10.4. The van der Waals surface area contributed by atoms with Crippen LogP contribution in [0.5, 0.6) is 0 Å². The number of benzene rings is 1. The van der Waals surface area contributed by atoms with Gasteiger partial charge in [0, 0.05) is 11.6 Å². The summed E-state index contributed by atoms with van der Waals surface area (Å²) >= 11 is 11.8. The number of halogens is 2. The number of carbonyl (C=O) groups is 2. The molecule has 1 saturated heterocycles. The van der Waals surface area contributed by atoms with E-state index in [9.17, 15) is 9.59 Å². The van der Waals surface area contributed by atoms with Gasteiger partial charge in [-0.15, -0.1) is 0 Å². The fraction of sp³-hybridized carbons (Fsp3) is 0. The van der Waals surface area contributed by atoms with Crippen molar-refractivity contribution in [1.82, 2.24) is 10.6 Å². The van der Waals surface area contributed by atoms with Crippen molar-refractivity contribution in [1.29, 1.82) is 0 Å². The van der Waals surface area contributed by atoms with Gasteiger partial charge in [0.2, 0.25) is 0 Å². The number of nitrogens with one attached hydrogen (secondary N) is 2. The van der Waals surface area contributed by atoms with Crippen molar-refractivity contribution in [2.75, 3.05) is 0 Å². The van der Waals surface area contributed by atoms with Gasteiger partial charge in [0.15, 0.2) is 0 Å². The molecule has 1 fully saturated rings. The van der Waals surface area contributed by atoms with Crippen LogP contribution in [0.2, 0.25) is 10.0 Å². The van der Waals surface area contributed by atoms with Gasteiger partial charge in [-0.1, -0.05) is 23.2 Å². The van der Waals surface area contributed by atoms with Gasteiger partial charge in [-0.05, 0) is 30.3 Å². The van der Waals surface area contributed by atoms with Crippen molar-refractivity contribution in [3.8, 4) is 11.3 Å². The maximum atomic E-state index is 11.4. The topological polar surface area (TPSA) is 71.3 Å². The minimum absolute atomic E-state index is 0.134. The van der Waals surface area contributed by atoms with Gasteiger partial charge in [-0.2, -0.15) is 0 Å². The van der Waals surface area contributed by atoms with E-state index in [4.69, 9.17) is 27.6 Å². The standard InChI is InChI=1S/C14H8Cl2N2O3/c15-9-3-1-7(5-10(9)16)12-4-2-8(21-12)6-11-13(19)18-14(20)17-11/h1-6H,(H2,17,18,19,20)/b11-6-. The maximum absolute atomic E-state index is 11.4. The van der Waals surface area contributed by atoms with Crippen LogP contribution in [0.25, 0.3) is 17.4 Å². The molecule has 1 aromatic heterocycles. The van der Waals surface area contributed by atoms with Gasteiger partial charge in [-0.25, -0.2) is 4.79 Å². The summed E-state index contributed by atoms with van der Waals surface area (Å²) < 4.78 is 5.60. The number of urea groups is 1. The van der Waals surface area contributed by atoms with E-state index in [0.29, 0.717) is 21.6 Å². The zero-order valence-corrected chi connectivity index (χ0v) is 12.0. The maximum Gasteiger partial charge on any atom is 0.326 e. The molecular weight excluding hydrogens is 315 g/mol. The molecule has 3 amide bonds. The van der Waals surface area contributed by atoms with Gasteiger partial charge in [0.05, 0.1) is 10.0 Å². The monoisotopic (exact) mass is 322 g/mol. The van der Waals surface area contributed by atoms with Crippen molar-refractivity contribution >= 4 is 41.2 Å². The second kappa shape index (κ2) is 5.27. The number of rotatable bonds is 2. The van der Waals surface area contributed by atoms with Crippen LogP contribution in [0.3, 0.4) is 0 Å². The third kappa shape index (κ3) is 2.79. The molecule has 0 atom stereocenters. The van der Waals surface area contributed by atoms with Crippen molar-refractivity contribution in [3.05, 3.63) is 51.8 Å². The quantitative estimate of drug-likeness (QED) is 0.657. The Morgan fingerprint density at radius 3 is 2.48 bits per heavy atom. The molecule has 0 unspecified atom stereocenters. The van der Waals surface area contributed by atoms with E-state index in [1.54, 1.807) is 30.3 Å². The molecule has 2 heterocycles. The average molecular weight is 323 g/mol. The number of hydrogen-bond acceptors (Lipinski definition) is 3. The molecule has 106 valence electrons. The summed E-state index contributed by atoms with van der Waals surface area (Å²) in [5.74, 6) is 0.515. The molecule has 2 aromatic rings. The molecule has 0 saturated carbocycles. The first-order valence-electron chi connectivity index (χ1n) is 5.92.